The van der Waals surface area contributed by atoms with E-state index in [1.807, 2.05) is 0 Å². The minimum Gasteiger partial charge on any atom is -0.378 e. The van der Waals surface area contributed by atoms with E-state index >= 15 is 0 Å². The molecular formula is C19H13Cl2NO4S. The molecular weight excluding hydrogens is 409 g/mol. The van der Waals surface area contributed by atoms with Crippen LogP contribution in [-0.2, 0) is 10.1 Å². The van der Waals surface area contributed by atoms with Crippen molar-refractivity contribution in [3.8, 4) is 5.75 Å². The maximum atomic E-state index is 12.6. The number of carbonyl (C=O) groups excluding carboxylic acids is 1. The molecule has 3 rings (SSSR count). The normalized spacial score (nSPS) is 11.0. The highest BCUT2D eigenvalue weighted by molar-refractivity contribution is 7.87. The highest BCUT2D eigenvalue weighted by Crippen LogP contribution is 2.27. The van der Waals surface area contributed by atoms with Gasteiger partial charge in [0.1, 0.15) is 4.90 Å². The van der Waals surface area contributed by atoms with Gasteiger partial charge in [-0.1, -0.05) is 47.5 Å². The molecule has 0 saturated carbocycles. The lowest BCUT2D eigenvalue weighted by Crippen LogP contribution is -2.16. The number of rotatable bonds is 5. The zero-order chi connectivity index (χ0) is 19.4. The molecule has 0 unspecified atom stereocenters. The zero-order valence-electron chi connectivity index (χ0n) is 13.7. The van der Waals surface area contributed by atoms with E-state index in [9.17, 15) is 13.2 Å². The minimum atomic E-state index is -4.11. The molecule has 0 heterocycles. The zero-order valence-corrected chi connectivity index (χ0v) is 16.1. The maximum Gasteiger partial charge on any atom is 0.339 e. The number of benzene rings is 3. The Morgan fingerprint density at radius 1 is 0.852 bits per heavy atom. The van der Waals surface area contributed by atoms with Crippen LogP contribution in [0.2, 0.25) is 10.0 Å². The fourth-order valence-electron chi connectivity index (χ4n) is 2.27. The largest absolute Gasteiger partial charge is 0.378 e. The van der Waals surface area contributed by atoms with Crippen LogP contribution in [0, 0.1) is 0 Å². The number of amides is 1. The molecule has 0 radical (unpaired) electrons. The molecule has 3 aromatic rings. The second-order valence-electron chi connectivity index (χ2n) is 5.46. The van der Waals surface area contributed by atoms with Crippen molar-refractivity contribution in [1.82, 2.24) is 0 Å². The predicted octanol–water partition coefficient (Wildman–Crippen LogP) is 5.01. The highest BCUT2D eigenvalue weighted by atomic mass is 35.5. The average Bonchev–Trinajstić information content (AvgIpc) is 2.64. The molecule has 8 heteroatoms. The molecule has 0 atom stereocenters. The molecule has 0 aliphatic heterocycles. The maximum absolute atomic E-state index is 12.6. The number of nitrogens with one attached hydrogen (secondary N) is 1. The van der Waals surface area contributed by atoms with Gasteiger partial charge in [-0.2, -0.15) is 8.42 Å². The van der Waals surface area contributed by atoms with Gasteiger partial charge in [0.15, 0.2) is 5.75 Å². The summed E-state index contributed by atoms with van der Waals surface area (Å²) < 4.78 is 30.1. The summed E-state index contributed by atoms with van der Waals surface area (Å²) in [5.41, 5.74) is 0.423. The van der Waals surface area contributed by atoms with Crippen LogP contribution in [-0.4, -0.2) is 14.3 Å². The van der Waals surface area contributed by atoms with Crippen LogP contribution in [0.5, 0.6) is 5.75 Å². The Hall–Kier alpha value is -2.54. The van der Waals surface area contributed by atoms with Crippen molar-refractivity contribution < 1.29 is 17.4 Å². The standard InChI is InChI=1S/C19H13Cl2NO4S/c20-13-5-4-6-15(11-13)22-19(23)17-12-14(21)9-10-18(17)26-27(24,25)16-7-2-1-3-8-16/h1-12H,(H,22,23). The number of hydrogen-bond donors (Lipinski definition) is 1. The summed E-state index contributed by atoms with van der Waals surface area (Å²) in [6.07, 6.45) is 0. The van der Waals surface area contributed by atoms with Gasteiger partial charge in [-0.15, -0.1) is 0 Å². The Balaban J connectivity index is 1.92. The predicted molar refractivity (Wildman–Crippen MR) is 105 cm³/mol. The average molecular weight is 422 g/mol. The molecule has 138 valence electrons. The van der Waals surface area contributed by atoms with E-state index in [-0.39, 0.29) is 21.2 Å². The quantitative estimate of drug-likeness (QED) is 0.587. The van der Waals surface area contributed by atoms with E-state index in [4.69, 9.17) is 27.4 Å². The summed E-state index contributed by atoms with van der Waals surface area (Å²) in [6.45, 7) is 0. The minimum absolute atomic E-state index is 0.0259. The number of halogens is 2. The topological polar surface area (TPSA) is 72.5 Å². The van der Waals surface area contributed by atoms with Gasteiger partial charge in [0.2, 0.25) is 0 Å². The van der Waals surface area contributed by atoms with E-state index < -0.39 is 16.0 Å². The summed E-state index contributed by atoms with van der Waals surface area (Å²) in [5.74, 6) is -0.721. The van der Waals surface area contributed by atoms with E-state index in [1.54, 1.807) is 42.5 Å². The van der Waals surface area contributed by atoms with Crippen LogP contribution >= 0.6 is 23.2 Å². The van der Waals surface area contributed by atoms with Crippen molar-refractivity contribution in [3.05, 3.63) is 88.4 Å². The molecule has 0 aliphatic rings. The van der Waals surface area contributed by atoms with Gasteiger partial charge in [-0.3, -0.25) is 4.79 Å². The van der Waals surface area contributed by atoms with Crippen molar-refractivity contribution in [2.24, 2.45) is 0 Å². The first-order chi connectivity index (χ1) is 12.8. The fraction of sp³-hybridized carbons (Fsp3) is 0. The molecule has 27 heavy (non-hydrogen) atoms. The van der Waals surface area contributed by atoms with Crippen molar-refractivity contribution in [2.45, 2.75) is 4.90 Å². The Labute approximate surface area is 166 Å². The van der Waals surface area contributed by atoms with Gasteiger partial charge in [0.25, 0.3) is 5.91 Å². The molecule has 0 saturated heterocycles. The Morgan fingerprint density at radius 2 is 1.56 bits per heavy atom. The monoisotopic (exact) mass is 421 g/mol. The van der Waals surface area contributed by atoms with Gasteiger partial charge in [-0.05, 0) is 48.5 Å². The summed E-state index contributed by atoms with van der Waals surface area (Å²) in [4.78, 5) is 12.6. The van der Waals surface area contributed by atoms with Crippen LogP contribution in [0.1, 0.15) is 10.4 Å². The van der Waals surface area contributed by atoms with Gasteiger partial charge < -0.3 is 9.50 Å². The summed E-state index contributed by atoms with van der Waals surface area (Å²) >= 11 is 11.9. The van der Waals surface area contributed by atoms with Crippen LogP contribution in [0.3, 0.4) is 0 Å². The lowest BCUT2D eigenvalue weighted by Gasteiger charge is -2.12. The molecule has 0 aromatic heterocycles. The number of hydrogen-bond acceptors (Lipinski definition) is 4. The summed E-state index contributed by atoms with van der Waals surface area (Å²) in [5, 5.41) is 3.34. The third kappa shape index (κ3) is 4.80. The first-order valence-electron chi connectivity index (χ1n) is 7.71. The molecule has 0 aliphatic carbocycles. The van der Waals surface area contributed by atoms with Crippen LogP contribution in [0.15, 0.2) is 77.7 Å². The van der Waals surface area contributed by atoms with E-state index in [0.717, 1.165) is 0 Å². The third-order valence-corrected chi connectivity index (χ3v) is 5.22. The van der Waals surface area contributed by atoms with Crippen LogP contribution in [0.4, 0.5) is 5.69 Å². The lowest BCUT2D eigenvalue weighted by molar-refractivity contribution is 0.102. The van der Waals surface area contributed by atoms with Gasteiger partial charge >= 0.3 is 10.1 Å². The second-order valence-corrected chi connectivity index (χ2v) is 7.87. The molecule has 1 amide bonds. The van der Waals surface area contributed by atoms with E-state index in [2.05, 4.69) is 5.32 Å². The molecule has 0 fully saturated rings. The first-order valence-corrected chi connectivity index (χ1v) is 9.87. The number of carbonyl (C=O) groups is 1. The molecule has 1 N–H and O–H groups in total. The fourth-order valence-corrected chi connectivity index (χ4v) is 3.60. The Bertz CT molecular complexity index is 1090. The van der Waals surface area contributed by atoms with Gasteiger partial charge in [0, 0.05) is 15.7 Å². The molecule has 5 nitrogen and oxygen atoms in total. The Morgan fingerprint density at radius 3 is 2.26 bits per heavy atom. The van der Waals surface area contributed by atoms with Gasteiger partial charge in [0.05, 0.1) is 5.56 Å². The van der Waals surface area contributed by atoms with Crippen molar-refractivity contribution in [1.29, 1.82) is 0 Å². The van der Waals surface area contributed by atoms with Crippen LogP contribution in [0.25, 0.3) is 0 Å². The van der Waals surface area contributed by atoms with E-state index in [1.165, 1.54) is 30.3 Å². The van der Waals surface area contributed by atoms with Crippen molar-refractivity contribution >= 4 is 44.9 Å². The molecule has 0 spiro atoms. The van der Waals surface area contributed by atoms with Crippen molar-refractivity contribution in [2.75, 3.05) is 5.32 Å². The third-order valence-electron chi connectivity index (χ3n) is 3.50. The van der Waals surface area contributed by atoms with E-state index in [0.29, 0.717) is 10.7 Å². The van der Waals surface area contributed by atoms with Crippen molar-refractivity contribution in [3.63, 3.8) is 0 Å². The van der Waals surface area contributed by atoms with Gasteiger partial charge in [-0.25, -0.2) is 0 Å². The summed E-state index contributed by atoms with van der Waals surface area (Å²) in [6, 6.07) is 18.3. The first kappa shape index (κ1) is 19.2. The molecule has 0 bridgehead atoms. The smallest absolute Gasteiger partial charge is 0.339 e. The Kier molecular flexibility index (Phi) is 5.70. The lowest BCUT2D eigenvalue weighted by atomic mass is 10.2. The van der Waals surface area contributed by atoms with Crippen LogP contribution < -0.4 is 9.50 Å². The molecule has 3 aromatic carbocycles. The highest BCUT2D eigenvalue weighted by Gasteiger charge is 2.21. The SMILES string of the molecule is O=C(Nc1cccc(Cl)c1)c1cc(Cl)ccc1OS(=O)(=O)c1ccccc1. The number of anilines is 1. The second kappa shape index (κ2) is 8.00. The summed E-state index contributed by atoms with van der Waals surface area (Å²) in [7, 11) is -4.11.